The van der Waals surface area contributed by atoms with E-state index in [-0.39, 0.29) is 34.2 Å². The fourth-order valence-corrected chi connectivity index (χ4v) is 5.40. The number of halogens is 2. The monoisotopic (exact) mass is 460 g/mol. The van der Waals surface area contributed by atoms with Gasteiger partial charge in [-0.1, -0.05) is 32.9 Å². The third-order valence-electron chi connectivity index (χ3n) is 5.45. The summed E-state index contributed by atoms with van der Waals surface area (Å²) in [7, 11) is -4.05. The molecule has 9 heteroatoms. The lowest BCUT2D eigenvalue weighted by Crippen LogP contribution is -2.43. The van der Waals surface area contributed by atoms with E-state index in [1.807, 2.05) is 20.8 Å². The van der Waals surface area contributed by atoms with Crippen molar-refractivity contribution in [1.29, 1.82) is 0 Å². The predicted octanol–water partition coefficient (Wildman–Crippen LogP) is 4.27. The topological polar surface area (TPSA) is 86.7 Å². The van der Waals surface area contributed by atoms with Crippen molar-refractivity contribution >= 4 is 21.4 Å². The highest BCUT2D eigenvalue weighted by atomic mass is 32.2. The van der Waals surface area contributed by atoms with Crippen LogP contribution in [-0.2, 0) is 21.2 Å². The van der Waals surface area contributed by atoms with Crippen LogP contribution in [0.1, 0.15) is 26.3 Å². The lowest BCUT2D eigenvalue weighted by molar-refractivity contribution is -0.129. The van der Waals surface area contributed by atoms with Crippen molar-refractivity contribution in [2.75, 3.05) is 5.32 Å². The van der Waals surface area contributed by atoms with Crippen molar-refractivity contribution in [2.24, 2.45) is 5.41 Å². The van der Waals surface area contributed by atoms with Gasteiger partial charge in [-0.25, -0.2) is 17.2 Å². The standard InChI is InChI=1S/C23H22F2N2O4S/c1-23(2,3)21-20(28)19(22(29)27(21)11-13-4-6-14(24)7-5-13)17-12-32(30,31)18-10-15(25)8-9-16(18)26-17/h4-10,12,21,26,28H,11H2,1-3H3/t21-/m1/s1. The molecule has 0 spiro atoms. The van der Waals surface area contributed by atoms with Gasteiger partial charge in [0.1, 0.15) is 23.0 Å². The summed E-state index contributed by atoms with van der Waals surface area (Å²) in [5.74, 6) is -1.94. The van der Waals surface area contributed by atoms with Crippen molar-refractivity contribution in [1.82, 2.24) is 4.90 Å². The third kappa shape index (κ3) is 3.77. The number of fused-ring (bicyclic) bond motifs is 1. The summed E-state index contributed by atoms with van der Waals surface area (Å²) >= 11 is 0. The molecule has 0 bridgehead atoms. The summed E-state index contributed by atoms with van der Waals surface area (Å²) < 4.78 is 52.4. The van der Waals surface area contributed by atoms with E-state index in [9.17, 15) is 27.1 Å². The summed E-state index contributed by atoms with van der Waals surface area (Å²) in [4.78, 5) is 14.6. The molecule has 2 N–H and O–H groups in total. The van der Waals surface area contributed by atoms with E-state index in [2.05, 4.69) is 5.32 Å². The number of aliphatic hydroxyl groups is 1. The summed E-state index contributed by atoms with van der Waals surface area (Å²) in [5.41, 5.74) is -0.0622. The zero-order chi connectivity index (χ0) is 23.4. The molecule has 32 heavy (non-hydrogen) atoms. The molecule has 0 fully saturated rings. The summed E-state index contributed by atoms with van der Waals surface area (Å²) in [6.45, 7) is 5.63. The van der Waals surface area contributed by atoms with Gasteiger partial charge in [-0.05, 0) is 41.3 Å². The quantitative estimate of drug-likeness (QED) is 0.714. The molecule has 2 aromatic rings. The number of benzene rings is 2. The molecular formula is C23H22F2N2O4S. The van der Waals surface area contributed by atoms with E-state index >= 15 is 0 Å². The van der Waals surface area contributed by atoms with Gasteiger partial charge in [0.05, 0.1) is 27.7 Å². The Morgan fingerprint density at radius 2 is 1.69 bits per heavy atom. The lowest BCUT2D eigenvalue weighted by atomic mass is 9.85. The number of amides is 1. The Bertz CT molecular complexity index is 1280. The van der Waals surface area contributed by atoms with Gasteiger partial charge in [-0.15, -0.1) is 0 Å². The maximum atomic E-state index is 13.6. The molecule has 1 amide bonds. The number of aliphatic hydroxyl groups excluding tert-OH is 1. The first-order valence-corrected chi connectivity index (χ1v) is 11.5. The van der Waals surface area contributed by atoms with E-state index in [4.69, 9.17) is 0 Å². The Labute approximate surface area is 184 Å². The Balaban J connectivity index is 1.78. The van der Waals surface area contributed by atoms with Gasteiger partial charge >= 0.3 is 0 Å². The Morgan fingerprint density at radius 1 is 1.06 bits per heavy atom. The molecule has 6 nitrogen and oxygen atoms in total. The zero-order valence-corrected chi connectivity index (χ0v) is 18.5. The number of nitrogens with one attached hydrogen (secondary N) is 1. The highest BCUT2D eigenvalue weighted by molar-refractivity contribution is 7.94. The maximum Gasteiger partial charge on any atom is 0.260 e. The van der Waals surface area contributed by atoms with Gasteiger partial charge < -0.3 is 15.3 Å². The molecule has 0 saturated heterocycles. The number of nitrogens with zero attached hydrogens (tertiary/aromatic N) is 1. The third-order valence-corrected chi connectivity index (χ3v) is 6.95. The molecule has 0 aliphatic carbocycles. The molecule has 2 aliphatic rings. The number of anilines is 1. The van der Waals surface area contributed by atoms with Crippen LogP contribution in [0.25, 0.3) is 0 Å². The molecule has 4 rings (SSSR count). The average molecular weight is 461 g/mol. The maximum absolute atomic E-state index is 13.6. The second-order valence-corrected chi connectivity index (χ2v) is 10.7. The van der Waals surface area contributed by atoms with E-state index in [0.29, 0.717) is 5.56 Å². The minimum absolute atomic E-state index is 0.0811. The van der Waals surface area contributed by atoms with E-state index < -0.39 is 38.8 Å². The van der Waals surface area contributed by atoms with Crippen molar-refractivity contribution in [3.63, 3.8) is 0 Å². The Hall–Kier alpha value is -3.20. The fourth-order valence-electron chi connectivity index (χ4n) is 4.08. The normalized spacial score (nSPS) is 20.2. The molecule has 0 aromatic heterocycles. The van der Waals surface area contributed by atoms with Gasteiger partial charge in [0.25, 0.3) is 5.91 Å². The van der Waals surface area contributed by atoms with E-state index in [1.54, 1.807) is 12.1 Å². The Morgan fingerprint density at radius 3 is 2.31 bits per heavy atom. The van der Waals surface area contributed by atoms with Gasteiger partial charge in [0, 0.05) is 6.54 Å². The molecule has 1 atom stereocenters. The number of hydrogen-bond donors (Lipinski definition) is 2. The molecule has 0 saturated carbocycles. The predicted molar refractivity (Wildman–Crippen MR) is 115 cm³/mol. The van der Waals surface area contributed by atoms with Gasteiger partial charge in [0.2, 0.25) is 9.84 Å². The molecular weight excluding hydrogens is 438 g/mol. The lowest BCUT2D eigenvalue weighted by Gasteiger charge is -2.35. The first kappa shape index (κ1) is 22.0. The van der Waals surface area contributed by atoms with Crippen LogP contribution < -0.4 is 5.32 Å². The van der Waals surface area contributed by atoms with E-state index in [0.717, 1.165) is 17.5 Å². The number of carbonyl (C=O) groups is 1. The molecule has 2 aliphatic heterocycles. The second kappa shape index (κ2) is 7.44. The van der Waals surface area contributed by atoms with Crippen LogP contribution in [0.15, 0.2) is 69.8 Å². The number of carbonyl (C=O) groups excluding carboxylic acids is 1. The summed E-state index contributed by atoms with van der Waals surface area (Å²) in [5, 5.41) is 14.8. The first-order valence-electron chi connectivity index (χ1n) is 9.91. The van der Waals surface area contributed by atoms with Gasteiger partial charge in [-0.3, -0.25) is 4.79 Å². The second-order valence-electron chi connectivity index (χ2n) is 8.93. The summed E-state index contributed by atoms with van der Waals surface area (Å²) in [6.07, 6.45) is 0. The average Bonchev–Trinajstić information content (AvgIpc) is 2.93. The smallest absolute Gasteiger partial charge is 0.260 e. The van der Waals surface area contributed by atoms with Crippen LogP contribution in [0.2, 0.25) is 0 Å². The van der Waals surface area contributed by atoms with Crippen molar-refractivity contribution < 1.29 is 27.1 Å². The van der Waals surface area contributed by atoms with E-state index in [1.165, 1.54) is 23.1 Å². The molecule has 2 heterocycles. The van der Waals surface area contributed by atoms with Gasteiger partial charge in [-0.2, -0.15) is 0 Å². The highest BCUT2D eigenvalue weighted by Gasteiger charge is 2.47. The van der Waals surface area contributed by atoms with Crippen LogP contribution in [0, 0.1) is 17.0 Å². The van der Waals surface area contributed by atoms with Crippen LogP contribution >= 0.6 is 0 Å². The Kier molecular flexibility index (Phi) is 5.12. The largest absolute Gasteiger partial charge is 0.509 e. The first-order chi connectivity index (χ1) is 14.9. The van der Waals surface area contributed by atoms with Crippen LogP contribution in [0.4, 0.5) is 14.5 Å². The molecule has 0 radical (unpaired) electrons. The number of hydrogen-bond acceptors (Lipinski definition) is 5. The minimum Gasteiger partial charge on any atom is -0.509 e. The number of rotatable bonds is 3. The van der Waals surface area contributed by atoms with Crippen molar-refractivity contribution in [2.45, 2.75) is 38.3 Å². The van der Waals surface area contributed by atoms with Crippen LogP contribution in [0.3, 0.4) is 0 Å². The summed E-state index contributed by atoms with van der Waals surface area (Å²) in [6, 6.07) is 8.19. The zero-order valence-electron chi connectivity index (χ0n) is 17.7. The molecule has 0 unspecified atom stereocenters. The number of sulfone groups is 1. The molecule has 2 aromatic carbocycles. The van der Waals surface area contributed by atoms with Crippen molar-refractivity contribution in [3.8, 4) is 0 Å². The fraction of sp³-hybridized carbons (Fsp3) is 0.261. The minimum atomic E-state index is -4.05. The highest BCUT2D eigenvalue weighted by Crippen LogP contribution is 2.42. The molecule has 168 valence electrons. The van der Waals surface area contributed by atoms with Crippen LogP contribution in [-0.4, -0.2) is 30.4 Å². The van der Waals surface area contributed by atoms with Crippen molar-refractivity contribution in [3.05, 3.63) is 82.1 Å². The SMILES string of the molecule is CC(C)(C)[C@H]1C(O)=C(C2=CS(=O)(=O)c3cc(F)ccc3N2)C(=O)N1Cc1ccc(F)cc1. The van der Waals surface area contributed by atoms with Gasteiger partial charge in [0.15, 0.2) is 0 Å². The van der Waals surface area contributed by atoms with Crippen LogP contribution in [0.5, 0.6) is 0 Å².